The van der Waals surface area contributed by atoms with Crippen LogP contribution >= 0.6 is 27.7 Å². The topological polar surface area (TPSA) is 83.8 Å². The van der Waals surface area contributed by atoms with Crippen molar-refractivity contribution in [3.05, 3.63) is 57.8 Å². The van der Waals surface area contributed by atoms with Gasteiger partial charge in [0.25, 0.3) is 5.78 Å². The Morgan fingerprint density at radius 3 is 2.59 bits per heavy atom. The fourth-order valence-corrected chi connectivity index (χ4v) is 3.79. The molecule has 0 aliphatic carbocycles. The predicted octanol–water partition coefficient (Wildman–Crippen LogP) is 5.25. The van der Waals surface area contributed by atoms with Gasteiger partial charge in [0, 0.05) is 39.2 Å². The number of benzene rings is 1. The molecule has 3 aromatic heterocycles. The molecule has 2 N–H and O–H groups in total. The smallest absolute Gasteiger partial charge is 0.255 e. The van der Waals surface area contributed by atoms with Crippen LogP contribution in [-0.2, 0) is 11.2 Å². The van der Waals surface area contributed by atoms with E-state index in [1.807, 2.05) is 31.2 Å². The first-order valence-electron chi connectivity index (χ1n) is 9.22. The van der Waals surface area contributed by atoms with Gasteiger partial charge in [-0.2, -0.15) is 14.6 Å². The summed E-state index contributed by atoms with van der Waals surface area (Å²) >= 11 is 5.05. The van der Waals surface area contributed by atoms with Gasteiger partial charge in [-0.3, -0.25) is 5.10 Å². The normalized spacial score (nSPS) is 11.9. The minimum atomic E-state index is 0.000497. The Hall–Kier alpha value is -2.39. The Morgan fingerprint density at radius 2 is 1.90 bits per heavy atom. The van der Waals surface area contributed by atoms with Crippen LogP contribution in [0, 0.1) is 6.92 Å². The number of nitrogens with zero attached hydrogens (tertiary/aromatic N) is 5. The standard InChI is InChI=1S/C20H22BrN7S/c1-12-9-17(23-16-10-15(25-26-16)20(2,3)4)28-18(22-12)24-19(27-28)29-11-13-5-7-14(21)8-6-13/h5-10H,11H2,1-4H3,(H2,23,25,26). The fraction of sp³-hybridized carbons (Fsp3) is 0.300. The number of hydrogen-bond acceptors (Lipinski definition) is 6. The molecule has 0 amide bonds. The van der Waals surface area contributed by atoms with E-state index in [9.17, 15) is 0 Å². The summed E-state index contributed by atoms with van der Waals surface area (Å²) in [5.74, 6) is 2.88. The maximum absolute atomic E-state index is 4.63. The largest absolute Gasteiger partial charge is 0.323 e. The summed E-state index contributed by atoms with van der Waals surface area (Å²) in [5.41, 5.74) is 3.14. The molecule has 9 heteroatoms. The molecule has 1 aromatic carbocycles. The zero-order valence-electron chi connectivity index (χ0n) is 16.7. The van der Waals surface area contributed by atoms with Crippen molar-refractivity contribution in [1.29, 1.82) is 0 Å². The number of aryl methyl sites for hydroxylation is 1. The second-order valence-electron chi connectivity index (χ2n) is 7.85. The monoisotopic (exact) mass is 471 g/mol. The molecular weight excluding hydrogens is 450 g/mol. The molecule has 0 aliphatic heterocycles. The third-order valence-corrected chi connectivity index (χ3v) is 5.78. The van der Waals surface area contributed by atoms with Crippen molar-refractivity contribution < 1.29 is 0 Å². The highest BCUT2D eigenvalue weighted by molar-refractivity contribution is 9.10. The van der Waals surface area contributed by atoms with Crippen LogP contribution in [-0.4, -0.2) is 29.8 Å². The average molecular weight is 472 g/mol. The Labute approximate surface area is 181 Å². The van der Waals surface area contributed by atoms with Crippen LogP contribution in [0.4, 0.5) is 11.6 Å². The first kappa shape index (κ1) is 19.9. The van der Waals surface area contributed by atoms with Gasteiger partial charge in [0.15, 0.2) is 5.82 Å². The number of hydrogen-bond donors (Lipinski definition) is 2. The van der Waals surface area contributed by atoms with Gasteiger partial charge >= 0.3 is 0 Å². The number of anilines is 2. The SMILES string of the molecule is Cc1cc(Nc2cc(C(C)(C)C)[nH]n2)n2nc(SCc3ccc(Br)cc3)nc2n1. The molecule has 0 aliphatic rings. The maximum Gasteiger partial charge on any atom is 0.255 e. The first-order chi connectivity index (χ1) is 13.8. The molecule has 0 spiro atoms. The van der Waals surface area contributed by atoms with Crippen LogP contribution in [0.2, 0.25) is 0 Å². The van der Waals surface area contributed by atoms with Gasteiger partial charge in [-0.15, -0.1) is 5.10 Å². The zero-order valence-corrected chi connectivity index (χ0v) is 19.1. The van der Waals surface area contributed by atoms with Crippen molar-refractivity contribution in [2.75, 3.05) is 5.32 Å². The van der Waals surface area contributed by atoms with E-state index in [1.54, 1.807) is 16.3 Å². The molecule has 4 aromatic rings. The van der Waals surface area contributed by atoms with E-state index in [4.69, 9.17) is 0 Å². The van der Waals surface area contributed by atoms with E-state index < -0.39 is 0 Å². The van der Waals surface area contributed by atoms with Gasteiger partial charge < -0.3 is 5.32 Å². The Balaban J connectivity index is 1.58. The molecule has 0 saturated carbocycles. The highest BCUT2D eigenvalue weighted by atomic mass is 79.9. The molecule has 0 fully saturated rings. The number of aromatic nitrogens is 6. The second-order valence-corrected chi connectivity index (χ2v) is 9.70. The van der Waals surface area contributed by atoms with Crippen molar-refractivity contribution in [1.82, 2.24) is 29.8 Å². The van der Waals surface area contributed by atoms with Crippen molar-refractivity contribution in [3.8, 4) is 0 Å². The van der Waals surface area contributed by atoms with Crippen LogP contribution in [0.15, 0.2) is 46.0 Å². The van der Waals surface area contributed by atoms with Crippen LogP contribution in [0.25, 0.3) is 5.78 Å². The molecule has 7 nitrogen and oxygen atoms in total. The number of aromatic amines is 1. The Kier molecular flexibility index (Phi) is 5.35. The van der Waals surface area contributed by atoms with Crippen molar-refractivity contribution in [2.24, 2.45) is 0 Å². The van der Waals surface area contributed by atoms with E-state index in [2.05, 4.69) is 79.4 Å². The van der Waals surface area contributed by atoms with Gasteiger partial charge in [-0.05, 0) is 24.6 Å². The average Bonchev–Trinajstić information content (AvgIpc) is 3.28. The third-order valence-electron chi connectivity index (χ3n) is 4.34. The predicted molar refractivity (Wildman–Crippen MR) is 120 cm³/mol. The summed E-state index contributed by atoms with van der Waals surface area (Å²) in [4.78, 5) is 9.09. The lowest BCUT2D eigenvalue weighted by Crippen LogP contribution is -2.11. The van der Waals surface area contributed by atoms with E-state index >= 15 is 0 Å². The Morgan fingerprint density at radius 1 is 1.14 bits per heavy atom. The maximum atomic E-state index is 4.63. The summed E-state index contributed by atoms with van der Waals surface area (Å²) < 4.78 is 2.79. The number of H-pyrrole nitrogens is 1. The fourth-order valence-electron chi connectivity index (χ4n) is 2.75. The van der Waals surface area contributed by atoms with Crippen LogP contribution in [0.5, 0.6) is 0 Å². The molecule has 29 heavy (non-hydrogen) atoms. The second kappa shape index (κ2) is 7.79. The van der Waals surface area contributed by atoms with Gasteiger partial charge in [-0.25, -0.2) is 4.98 Å². The number of thioether (sulfide) groups is 1. The minimum Gasteiger partial charge on any atom is -0.323 e. The van der Waals surface area contributed by atoms with Crippen LogP contribution < -0.4 is 5.32 Å². The molecule has 0 bridgehead atoms. The highest BCUT2D eigenvalue weighted by Gasteiger charge is 2.18. The first-order valence-corrected chi connectivity index (χ1v) is 11.0. The Bertz CT molecular complexity index is 1140. The number of nitrogens with one attached hydrogen (secondary N) is 2. The summed E-state index contributed by atoms with van der Waals surface area (Å²) in [7, 11) is 0. The molecule has 0 saturated heterocycles. The quantitative estimate of drug-likeness (QED) is 0.386. The lowest BCUT2D eigenvalue weighted by Gasteiger charge is -2.14. The van der Waals surface area contributed by atoms with Gasteiger partial charge in [0.2, 0.25) is 5.16 Å². The molecule has 3 heterocycles. The van der Waals surface area contributed by atoms with Crippen molar-refractivity contribution in [3.63, 3.8) is 0 Å². The molecule has 0 radical (unpaired) electrons. The zero-order chi connectivity index (χ0) is 20.6. The third kappa shape index (κ3) is 4.62. The summed E-state index contributed by atoms with van der Waals surface area (Å²) in [6.07, 6.45) is 0. The van der Waals surface area contributed by atoms with E-state index in [0.29, 0.717) is 10.9 Å². The summed E-state index contributed by atoms with van der Waals surface area (Å²) in [5, 5.41) is 16.1. The van der Waals surface area contributed by atoms with Gasteiger partial charge in [-0.1, -0.05) is 60.6 Å². The molecule has 0 atom stereocenters. The van der Waals surface area contributed by atoms with Gasteiger partial charge in [0.1, 0.15) is 5.82 Å². The number of rotatable bonds is 5. The van der Waals surface area contributed by atoms with E-state index in [0.717, 1.165) is 33.2 Å². The highest BCUT2D eigenvalue weighted by Crippen LogP contribution is 2.26. The van der Waals surface area contributed by atoms with Crippen LogP contribution in [0.3, 0.4) is 0 Å². The minimum absolute atomic E-state index is 0.000497. The van der Waals surface area contributed by atoms with Crippen molar-refractivity contribution in [2.45, 2.75) is 44.0 Å². The molecule has 0 unspecified atom stereocenters. The summed E-state index contributed by atoms with van der Waals surface area (Å²) in [6.45, 7) is 8.38. The number of fused-ring (bicyclic) bond motifs is 1. The van der Waals surface area contributed by atoms with Gasteiger partial charge in [0.05, 0.1) is 0 Å². The van der Waals surface area contributed by atoms with Crippen LogP contribution in [0.1, 0.15) is 37.7 Å². The van der Waals surface area contributed by atoms with E-state index in [1.165, 1.54) is 5.56 Å². The lowest BCUT2D eigenvalue weighted by atomic mass is 9.92. The van der Waals surface area contributed by atoms with Crippen molar-refractivity contribution >= 4 is 45.1 Å². The molecular formula is C20H22BrN7S. The lowest BCUT2D eigenvalue weighted by molar-refractivity contribution is 0.567. The molecule has 4 rings (SSSR count). The number of halogens is 1. The summed E-state index contributed by atoms with van der Waals surface area (Å²) in [6, 6.07) is 12.2. The van der Waals surface area contributed by atoms with E-state index in [-0.39, 0.29) is 5.41 Å². The molecule has 150 valence electrons.